The third-order valence-corrected chi connectivity index (χ3v) is 2.25. The van der Waals surface area contributed by atoms with Crippen LogP contribution in [0.3, 0.4) is 0 Å². The van der Waals surface area contributed by atoms with Gasteiger partial charge in [-0.15, -0.1) is 0 Å². The summed E-state index contributed by atoms with van der Waals surface area (Å²) in [6, 6.07) is 3.33. The molecule has 82 valence electrons. The zero-order valence-corrected chi connectivity index (χ0v) is 8.84. The van der Waals surface area contributed by atoms with Gasteiger partial charge in [-0.05, 0) is 24.0 Å². The second-order valence-electron chi connectivity index (χ2n) is 4.04. The van der Waals surface area contributed by atoms with Crippen LogP contribution in [-0.4, -0.2) is 6.29 Å². The lowest BCUT2D eigenvalue weighted by Gasteiger charge is -2.13. The molecule has 0 bridgehead atoms. The smallest absolute Gasteiger partial charge is 0.130 e. The molecule has 15 heavy (non-hydrogen) atoms. The van der Waals surface area contributed by atoms with Gasteiger partial charge < -0.3 is 4.79 Å². The summed E-state index contributed by atoms with van der Waals surface area (Å²) >= 11 is 0. The first-order valence-electron chi connectivity index (χ1n) is 4.94. The molecule has 0 aliphatic heterocycles. The normalized spacial score (nSPS) is 12.9. The first-order valence-corrected chi connectivity index (χ1v) is 4.94. The van der Waals surface area contributed by atoms with Crippen molar-refractivity contribution in [3.05, 3.63) is 35.4 Å². The molecule has 0 heterocycles. The van der Waals surface area contributed by atoms with Crippen molar-refractivity contribution in [2.24, 2.45) is 5.92 Å². The maximum absolute atomic E-state index is 13.3. The van der Waals surface area contributed by atoms with Crippen molar-refractivity contribution in [1.29, 1.82) is 0 Å². The van der Waals surface area contributed by atoms with Gasteiger partial charge in [0, 0.05) is 12.0 Å². The fraction of sp³-hybridized carbons (Fsp3) is 0.417. The van der Waals surface area contributed by atoms with Crippen molar-refractivity contribution in [3.8, 4) is 0 Å². The van der Waals surface area contributed by atoms with Gasteiger partial charge in [0.25, 0.3) is 0 Å². The zero-order chi connectivity index (χ0) is 11.4. The summed E-state index contributed by atoms with van der Waals surface area (Å²) in [5.74, 6) is -1.45. The minimum Gasteiger partial charge on any atom is -0.303 e. The lowest BCUT2D eigenvalue weighted by Crippen LogP contribution is -2.06. The molecule has 3 heteroatoms. The second-order valence-corrected chi connectivity index (χ2v) is 4.04. The van der Waals surface area contributed by atoms with Crippen LogP contribution in [0.1, 0.15) is 31.7 Å². The third kappa shape index (κ3) is 3.11. The van der Waals surface area contributed by atoms with Gasteiger partial charge in [0.05, 0.1) is 0 Å². The summed E-state index contributed by atoms with van der Waals surface area (Å²) in [6.07, 6.45) is 1.29. The summed E-state index contributed by atoms with van der Waals surface area (Å²) in [5, 5.41) is 0. The van der Waals surface area contributed by atoms with Crippen molar-refractivity contribution in [2.75, 3.05) is 0 Å². The van der Waals surface area contributed by atoms with E-state index in [0.29, 0.717) is 12.3 Å². The Balaban J connectivity index is 2.96. The number of rotatable bonds is 4. The van der Waals surface area contributed by atoms with Crippen molar-refractivity contribution in [2.45, 2.75) is 26.2 Å². The Morgan fingerprint density at radius 3 is 2.47 bits per heavy atom. The molecule has 1 atom stereocenters. The van der Waals surface area contributed by atoms with Gasteiger partial charge in [-0.3, -0.25) is 0 Å². The molecular weight excluding hydrogens is 198 g/mol. The number of benzene rings is 1. The molecule has 0 amide bonds. The highest BCUT2D eigenvalue weighted by Gasteiger charge is 2.16. The number of hydrogen-bond acceptors (Lipinski definition) is 1. The molecule has 1 aromatic carbocycles. The van der Waals surface area contributed by atoms with Crippen molar-refractivity contribution < 1.29 is 13.6 Å². The highest BCUT2D eigenvalue weighted by atomic mass is 19.1. The molecule has 0 aliphatic carbocycles. The molecular formula is C12H14F2O. The van der Waals surface area contributed by atoms with E-state index < -0.39 is 17.6 Å². The van der Waals surface area contributed by atoms with Gasteiger partial charge in [0.2, 0.25) is 0 Å². The maximum Gasteiger partial charge on any atom is 0.130 e. The monoisotopic (exact) mass is 212 g/mol. The van der Waals surface area contributed by atoms with Crippen molar-refractivity contribution >= 4 is 6.29 Å². The van der Waals surface area contributed by atoms with E-state index >= 15 is 0 Å². The summed E-state index contributed by atoms with van der Waals surface area (Å²) in [7, 11) is 0. The zero-order valence-electron chi connectivity index (χ0n) is 8.84. The van der Waals surface area contributed by atoms with Gasteiger partial charge in [0.1, 0.15) is 17.9 Å². The summed E-state index contributed by atoms with van der Waals surface area (Å²) < 4.78 is 26.0. The van der Waals surface area contributed by atoms with Crippen LogP contribution >= 0.6 is 0 Å². The molecule has 0 aliphatic rings. The van der Waals surface area contributed by atoms with Gasteiger partial charge >= 0.3 is 0 Å². The summed E-state index contributed by atoms with van der Waals surface area (Å²) in [6.45, 7) is 3.91. The fourth-order valence-electron chi connectivity index (χ4n) is 1.57. The van der Waals surface area contributed by atoms with Crippen LogP contribution in [0.2, 0.25) is 0 Å². The molecule has 0 radical (unpaired) electrons. The number of halogens is 2. The number of carbonyl (C=O) groups is 1. The summed E-state index contributed by atoms with van der Waals surface area (Å²) in [5.41, 5.74) is 0.278. The van der Waals surface area contributed by atoms with Crippen molar-refractivity contribution in [1.82, 2.24) is 0 Å². The van der Waals surface area contributed by atoms with Crippen LogP contribution in [0.5, 0.6) is 0 Å². The third-order valence-electron chi connectivity index (χ3n) is 2.25. The van der Waals surface area contributed by atoms with Gasteiger partial charge in [-0.25, -0.2) is 8.78 Å². The lowest BCUT2D eigenvalue weighted by atomic mass is 9.91. The predicted molar refractivity (Wildman–Crippen MR) is 54.6 cm³/mol. The Bertz CT molecular complexity index is 347. The number of carbonyl (C=O) groups excluding carboxylic acids is 1. The van der Waals surface area contributed by atoms with E-state index in [1.54, 1.807) is 0 Å². The second kappa shape index (κ2) is 5.01. The largest absolute Gasteiger partial charge is 0.303 e. The summed E-state index contributed by atoms with van der Waals surface area (Å²) in [4.78, 5) is 10.8. The Morgan fingerprint density at radius 1 is 1.33 bits per heavy atom. The van der Waals surface area contributed by atoms with Crippen LogP contribution < -0.4 is 0 Å². The standard InChI is InChI=1S/C12H14F2O/c1-8(2)5-9(7-15)11-4-3-10(13)6-12(11)14/h3-4,6-9H,5H2,1-2H3. The number of aldehydes is 1. The maximum atomic E-state index is 13.3. The quantitative estimate of drug-likeness (QED) is 0.700. The Morgan fingerprint density at radius 2 is 2.00 bits per heavy atom. The minimum absolute atomic E-state index is 0.278. The fourth-order valence-corrected chi connectivity index (χ4v) is 1.57. The topological polar surface area (TPSA) is 17.1 Å². The van der Waals surface area contributed by atoms with Gasteiger partial charge in [0.15, 0.2) is 0 Å². The minimum atomic E-state index is -0.646. The van der Waals surface area contributed by atoms with Crippen LogP contribution in [0.4, 0.5) is 8.78 Å². The van der Waals surface area contributed by atoms with Crippen LogP contribution in [-0.2, 0) is 4.79 Å². The predicted octanol–water partition coefficient (Wildman–Crippen LogP) is 3.29. The average Bonchev–Trinajstić information content (AvgIpc) is 2.14. The van der Waals surface area contributed by atoms with E-state index in [-0.39, 0.29) is 5.56 Å². The molecule has 0 saturated carbocycles. The van der Waals surface area contributed by atoms with E-state index in [1.807, 2.05) is 13.8 Å². The lowest BCUT2D eigenvalue weighted by molar-refractivity contribution is -0.109. The van der Waals surface area contributed by atoms with E-state index in [2.05, 4.69) is 0 Å². The molecule has 0 aromatic heterocycles. The highest BCUT2D eigenvalue weighted by Crippen LogP contribution is 2.24. The van der Waals surface area contributed by atoms with Crippen LogP contribution in [0.15, 0.2) is 18.2 Å². The van der Waals surface area contributed by atoms with Gasteiger partial charge in [-0.2, -0.15) is 0 Å². The van der Waals surface area contributed by atoms with E-state index in [9.17, 15) is 13.6 Å². The SMILES string of the molecule is CC(C)CC(C=O)c1ccc(F)cc1F. The Kier molecular flexibility index (Phi) is 3.95. The van der Waals surface area contributed by atoms with Crippen LogP contribution in [0, 0.1) is 17.6 Å². The molecule has 0 saturated heterocycles. The highest BCUT2D eigenvalue weighted by molar-refractivity contribution is 5.62. The van der Waals surface area contributed by atoms with E-state index in [1.165, 1.54) is 12.1 Å². The number of hydrogen-bond donors (Lipinski definition) is 0. The molecule has 1 unspecified atom stereocenters. The molecule has 0 spiro atoms. The van der Waals surface area contributed by atoms with E-state index in [4.69, 9.17) is 0 Å². The van der Waals surface area contributed by atoms with Gasteiger partial charge in [-0.1, -0.05) is 19.9 Å². The first-order chi connectivity index (χ1) is 7.04. The average molecular weight is 212 g/mol. The Hall–Kier alpha value is -1.25. The molecule has 1 nitrogen and oxygen atoms in total. The van der Waals surface area contributed by atoms with Crippen LogP contribution in [0.25, 0.3) is 0 Å². The first kappa shape index (κ1) is 11.8. The molecule has 1 rings (SSSR count). The molecule has 0 N–H and O–H groups in total. The molecule has 1 aromatic rings. The van der Waals surface area contributed by atoms with Crippen molar-refractivity contribution in [3.63, 3.8) is 0 Å². The molecule has 0 fully saturated rings. The Labute approximate surface area is 88.1 Å². The van der Waals surface area contributed by atoms with E-state index in [0.717, 1.165) is 12.4 Å².